The van der Waals surface area contributed by atoms with E-state index in [0.717, 1.165) is 19.3 Å². The number of hydrogen-bond donors (Lipinski definition) is 3. The van der Waals surface area contributed by atoms with E-state index in [0.29, 0.717) is 24.1 Å². The number of nitrogens with one attached hydrogen (secondary N) is 2. The molecule has 0 saturated heterocycles. The van der Waals surface area contributed by atoms with Gasteiger partial charge in [-0.15, -0.1) is 0 Å². The van der Waals surface area contributed by atoms with Crippen LogP contribution in [0.4, 0.5) is 4.79 Å². The number of aromatic hydroxyl groups is 1. The van der Waals surface area contributed by atoms with Crippen molar-refractivity contribution in [3.8, 4) is 5.75 Å². The standard InChI is InChI=1S/C26H43N3O5/c1-9-11-12-15-27-23(32)22(19-13-14-20(30)18(3)16-19)29(26(7,8)10-2)21(31)17-28-24(33)34-25(4,5)6/h13-14,16,22,30H,9-12,15,17H2,1-8H3,(H,27,32)(H,28,33). The van der Waals surface area contributed by atoms with E-state index >= 15 is 0 Å². The molecule has 0 aliphatic heterocycles. The van der Waals surface area contributed by atoms with Crippen molar-refractivity contribution in [3.63, 3.8) is 0 Å². The van der Waals surface area contributed by atoms with Crippen molar-refractivity contribution < 1.29 is 24.2 Å². The summed E-state index contributed by atoms with van der Waals surface area (Å²) in [6, 6.07) is 3.98. The van der Waals surface area contributed by atoms with Gasteiger partial charge >= 0.3 is 6.09 Å². The maximum atomic E-state index is 13.5. The molecule has 1 atom stereocenters. The van der Waals surface area contributed by atoms with Crippen LogP contribution in [0.15, 0.2) is 18.2 Å². The van der Waals surface area contributed by atoms with Crippen LogP contribution in [-0.2, 0) is 14.3 Å². The fraction of sp³-hybridized carbons (Fsp3) is 0.654. The fourth-order valence-electron chi connectivity index (χ4n) is 3.50. The topological polar surface area (TPSA) is 108 Å². The SMILES string of the molecule is CCCCCNC(=O)C(c1ccc(O)c(C)c1)N(C(=O)CNC(=O)OC(C)(C)C)C(C)(C)CC. The lowest BCUT2D eigenvalue weighted by atomic mass is 9.92. The Bertz CT molecular complexity index is 845. The minimum absolute atomic E-state index is 0.116. The molecule has 0 fully saturated rings. The number of benzene rings is 1. The third-order valence-electron chi connectivity index (χ3n) is 5.69. The van der Waals surface area contributed by atoms with E-state index in [-0.39, 0.29) is 18.2 Å². The van der Waals surface area contributed by atoms with Crippen LogP contribution in [-0.4, -0.2) is 52.1 Å². The van der Waals surface area contributed by atoms with Crippen LogP contribution in [0.25, 0.3) is 0 Å². The molecule has 1 aromatic carbocycles. The number of hydrogen-bond acceptors (Lipinski definition) is 5. The monoisotopic (exact) mass is 477 g/mol. The number of nitrogens with zero attached hydrogens (tertiary/aromatic N) is 1. The summed E-state index contributed by atoms with van der Waals surface area (Å²) in [5.74, 6) is -0.587. The van der Waals surface area contributed by atoms with Gasteiger partial charge in [0.05, 0.1) is 0 Å². The molecule has 0 spiro atoms. The first-order valence-electron chi connectivity index (χ1n) is 12.1. The van der Waals surface area contributed by atoms with Gasteiger partial charge in [0.25, 0.3) is 0 Å². The Morgan fingerprint density at radius 2 is 1.71 bits per heavy atom. The van der Waals surface area contributed by atoms with Crippen LogP contribution in [0, 0.1) is 6.92 Å². The molecule has 1 aromatic rings. The second kappa shape index (κ2) is 12.6. The van der Waals surface area contributed by atoms with Gasteiger partial charge in [0.2, 0.25) is 11.8 Å². The van der Waals surface area contributed by atoms with E-state index in [9.17, 15) is 19.5 Å². The van der Waals surface area contributed by atoms with Crippen molar-refractivity contribution in [1.82, 2.24) is 15.5 Å². The molecule has 0 heterocycles. The normalized spacial score (nSPS) is 12.6. The molecule has 3 N–H and O–H groups in total. The van der Waals surface area contributed by atoms with Gasteiger partial charge in [0, 0.05) is 12.1 Å². The first kappa shape index (κ1) is 29.3. The third kappa shape index (κ3) is 8.88. The third-order valence-corrected chi connectivity index (χ3v) is 5.69. The first-order valence-corrected chi connectivity index (χ1v) is 12.1. The average molecular weight is 478 g/mol. The zero-order valence-electron chi connectivity index (χ0n) is 22.1. The molecule has 0 aromatic heterocycles. The highest BCUT2D eigenvalue weighted by Gasteiger charge is 2.40. The van der Waals surface area contributed by atoms with Gasteiger partial charge in [-0.2, -0.15) is 0 Å². The van der Waals surface area contributed by atoms with Gasteiger partial charge in [-0.25, -0.2) is 4.79 Å². The van der Waals surface area contributed by atoms with Crippen LogP contribution < -0.4 is 10.6 Å². The summed E-state index contributed by atoms with van der Waals surface area (Å²) in [5, 5.41) is 15.5. The highest BCUT2D eigenvalue weighted by Crippen LogP contribution is 2.33. The summed E-state index contributed by atoms with van der Waals surface area (Å²) in [4.78, 5) is 40.6. The van der Waals surface area contributed by atoms with Crippen LogP contribution in [0.3, 0.4) is 0 Å². The van der Waals surface area contributed by atoms with Crippen LogP contribution in [0.5, 0.6) is 5.75 Å². The lowest BCUT2D eigenvalue weighted by molar-refractivity contribution is -0.146. The zero-order chi connectivity index (χ0) is 26.1. The Labute approximate surface area is 204 Å². The molecular formula is C26H43N3O5. The van der Waals surface area contributed by atoms with Crippen molar-refractivity contribution in [3.05, 3.63) is 29.3 Å². The fourth-order valence-corrected chi connectivity index (χ4v) is 3.50. The molecular weight excluding hydrogens is 434 g/mol. The average Bonchev–Trinajstić information content (AvgIpc) is 2.73. The number of carbonyl (C=O) groups is 3. The minimum Gasteiger partial charge on any atom is -0.508 e. The number of carbonyl (C=O) groups excluding carboxylic acids is 3. The zero-order valence-corrected chi connectivity index (χ0v) is 22.1. The minimum atomic E-state index is -0.927. The van der Waals surface area contributed by atoms with E-state index in [1.54, 1.807) is 39.8 Å². The quantitative estimate of drug-likeness (QED) is 0.404. The summed E-state index contributed by atoms with van der Waals surface area (Å²) in [5.41, 5.74) is -0.186. The van der Waals surface area contributed by atoms with Crippen LogP contribution >= 0.6 is 0 Å². The summed E-state index contributed by atoms with van der Waals surface area (Å²) in [6.45, 7) is 15.0. The number of aryl methyl sites for hydroxylation is 1. The second-order valence-corrected chi connectivity index (χ2v) is 10.2. The molecule has 0 aliphatic rings. The van der Waals surface area contributed by atoms with Crippen molar-refractivity contribution in [2.24, 2.45) is 0 Å². The van der Waals surface area contributed by atoms with E-state index < -0.39 is 29.2 Å². The first-order chi connectivity index (χ1) is 15.7. The summed E-state index contributed by atoms with van der Waals surface area (Å²) in [7, 11) is 0. The second-order valence-electron chi connectivity index (χ2n) is 10.2. The van der Waals surface area contributed by atoms with E-state index in [4.69, 9.17) is 4.74 Å². The number of ether oxygens (including phenoxy) is 1. The van der Waals surface area contributed by atoms with Gasteiger partial charge in [0.15, 0.2) is 0 Å². The number of unbranched alkanes of at least 4 members (excludes halogenated alkanes) is 2. The predicted molar refractivity (Wildman–Crippen MR) is 134 cm³/mol. The molecule has 8 heteroatoms. The van der Waals surface area contributed by atoms with Crippen LogP contribution in [0.2, 0.25) is 0 Å². The predicted octanol–water partition coefficient (Wildman–Crippen LogP) is 4.59. The number of amides is 3. The van der Waals surface area contributed by atoms with Crippen molar-refractivity contribution in [2.45, 2.75) is 98.3 Å². The van der Waals surface area contributed by atoms with Gasteiger partial charge in [-0.1, -0.05) is 32.8 Å². The Hall–Kier alpha value is -2.77. The highest BCUT2D eigenvalue weighted by molar-refractivity contribution is 5.91. The van der Waals surface area contributed by atoms with Crippen molar-refractivity contribution in [1.29, 1.82) is 0 Å². The largest absolute Gasteiger partial charge is 0.508 e. The molecule has 0 aliphatic carbocycles. The molecule has 0 bridgehead atoms. The van der Waals surface area contributed by atoms with E-state index in [1.807, 2.05) is 20.8 Å². The van der Waals surface area contributed by atoms with Crippen LogP contribution in [0.1, 0.15) is 91.3 Å². The smallest absolute Gasteiger partial charge is 0.408 e. The lowest BCUT2D eigenvalue weighted by Gasteiger charge is -2.43. The van der Waals surface area contributed by atoms with Gasteiger partial charge in [-0.3, -0.25) is 9.59 Å². The Morgan fingerprint density at radius 3 is 2.24 bits per heavy atom. The number of phenolic OH excluding ortho intramolecular Hbond substituents is 1. The Kier molecular flexibility index (Phi) is 10.9. The summed E-state index contributed by atoms with van der Waals surface area (Å²) < 4.78 is 5.25. The molecule has 0 saturated carbocycles. The highest BCUT2D eigenvalue weighted by atomic mass is 16.6. The molecule has 192 valence electrons. The van der Waals surface area contributed by atoms with Gasteiger partial charge < -0.3 is 25.4 Å². The summed E-state index contributed by atoms with van der Waals surface area (Å²) in [6.07, 6.45) is 2.75. The van der Waals surface area contributed by atoms with Crippen molar-refractivity contribution >= 4 is 17.9 Å². The van der Waals surface area contributed by atoms with Gasteiger partial charge in [0.1, 0.15) is 23.9 Å². The Morgan fingerprint density at radius 1 is 1.06 bits per heavy atom. The molecule has 0 radical (unpaired) electrons. The molecule has 3 amide bonds. The molecule has 8 nitrogen and oxygen atoms in total. The van der Waals surface area contributed by atoms with E-state index in [1.165, 1.54) is 11.0 Å². The number of phenols is 1. The maximum Gasteiger partial charge on any atom is 0.408 e. The number of rotatable bonds is 11. The van der Waals surface area contributed by atoms with Crippen molar-refractivity contribution in [2.75, 3.05) is 13.1 Å². The lowest BCUT2D eigenvalue weighted by Crippen LogP contribution is -2.56. The summed E-state index contributed by atoms with van der Waals surface area (Å²) >= 11 is 0. The number of alkyl carbamates (subject to hydrolysis) is 1. The van der Waals surface area contributed by atoms with Gasteiger partial charge in [-0.05, 0) is 77.6 Å². The maximum absolute atomic E-state index is 13.5. The van der Waals surface area contributed by atoms with E-state index in [2.05, 4.69) is 17.6 Å². The molecule has 1 rings (SSSR count). The Balaban J connectivity index is 3.33. The molecule has 1 unspecified atom stereocenters. The molecule has 34 heavy (non-hydrogen) atoms.